The monoisotopic (exact) mass is 506 g/mol. The van der Waals surface area contributed by atoms with Gasteiger partial charge in [0.25, 0.3) is 10.1 Å². The quantitative estimate of drug-likeness (QED) is 0.382. The first-order valence-electron chi connectivity index (χ1n) is 10.6. The summed E-state index contributed by atoms with van der Waals surface area (Å²) < 4.78 is 59.3. The fraction of sp³-hybridized carbons (Fsp3) is 0.240. The first-order chi connectivity index (χ1) is 16.4. The van der Waals surface area contributed by atoms with Crippen LogP contribution >= 0.6 is 0 Å². The molecule has 0 bridgehead atoms. The van der Waals surface area contributed by atoms with Crippen LogP contribution in [0.25, 0.3) is 0 Å². The zero-order valence-electron chi connectivity index (χ0n) is 19.4. The van der Waals surface area contributed by atoms with Gasteiger partial charge in [-0.25, -0.2) is 8.78 Å². The van der Waals surface area contributed by atoms with Gasteiger partial charge in [-0.2, -0.15) is 8.42 Å². The summed E-state index contributed by atoms with van der Waals surface area (Å²) in [4.78, 5) is 11.2. The van der Waals surface area contributed by atoms with Crippen LogP contribution in [0.15, 0.2) is 66.7 Å². The zero-order chi connectivity index (χ0) is 26.0. The van der Waals surface area contributed by atoms with Gasteiger partial charge in [-0.3, -0.25) is 9.35 Å². The molecule has 188 valence electrons. The number of hydrogen-bond acceptors (Lipinski definition) is 5. The highest BCUT2D eigenvalue weighted by molar-refractivity contribution is 7.85. The molecule has 0 saturated heterocycles. The third-order valence-corrected chi connectivity index (χ3v) is 4.79. The molecule has 1 atom stereocenters. The van der Waals surface area contributed by atoms with Crippen molar-refractivity contribution in [3.05, 3.63) is 101 Å². The van der Waals surface area contributed by atoms with E-state index in [4.69, 9.17) is 15.0 Å². The van der Waals surface area contributed by atoms with Crippen molar-refractivity contribution in [3.63, 3.8) is 0 Å². The molecular formula is C25H28F2N2O5S. The van der Waals surface area contributed by atoms with Crippen molar-refractivity contribution in [1.82, 2.24) is 5.32 Å². The molecule has 0 aliphatic rings. The van der Waals surface area contributed by atoms with E-state index in [0.717, 1.165) is 16.7 Å². The molecule has 1 amide bonds. The summed E-state index contributed by atoms with van der Waals surface area (Å²) in [6.45, 7) is 2.22. The van der Waals surface area contributed by atoms with Gasteiger partial charge >= 0.3 is 0 Å². The maximum absolute atomic E-state index is 13.9. The SMILES string of the molecule is CS(=O)(=O)O.C[C@@H](NCc1ccc(OCc2ccccc2F)c(Cc2cccc(F)c2)c1)C(N)=O. The van der Waals surface area contributed by atoms with E-state index < -0.39 is 22.1 Å². The van der Waals surface area contributed by atoms with Crippen molar-refractivity contribution in [1.29, 1.82) is 0 Å². The number of amides is 1. The Labute approximate surface area is 203 Å². The van der Waals surface area contributed by atoms with Crippen molar-refractivity contribution < 1.29 is 31.3 Å². The summed E-state index contributed by atoms with van der Waals surface area (Å²) in [5.74, 6) is -0.478. The fourth-order valence-corrected chi connectivity index (χ4v) is 3.03. The molecular weight excluding hydrogens is 478 g/mol. The second kappa shape index (κ2) is 12.9. The fourth-order valence-electron chi connectivity index (χ4n) is 3.03. The lowest BCUT2D eigenvalue weighted by Crippen LogP contribution is -2.38. The number of halogens is 2. The molecule has 3 aromatic carbocycles. The van der Waals surface area contributed by atoms with Crippen LogP contribution in [0.5, 0.6) is 5.75 Å². The molecule has 7 nitrogen and oxygen atoms in total. The normalized spacial score (nSPS) is 11.8. The second-order valence-electron chi connectivity index (χ2n) is 7.87. The Hall–Kier alpha value is -3.34. The number of nitrogens with two attached hydrogens (primary N) is 1. The van der Waals surface area contributed by atoms with Crippen molar-refractivity contribution in [3.8, 4) is 5.75 Å². The van der Waals surface area contributed by atoms with E-state index in [1.54, 1.807) is 37.3 Å². The van der Waals surface area contributed by atoms with Gasteiger partial charge in [0.15, 0.2) is 0 Å². The van der Waals surface area contributed by atoms with Crippen LogP contribution in [0, 0.1) is 11.6 Å². The molecule has 0 aliphatic heterocycles. The van der Waals surface area contributed by atoms with Gasteiger partial charge < -0.3 is 15.8 Å². The maximum Gasteiger partial charge on any atom is 0.261 e. The summed E-state index contributed by atoms with van der Waals surface area (Å²) in [6, 6.07) is 17.9. The Morgan fingerprint density at radius 3 is 2.34 bits per heavy atom. The third-order valence-electron chi connectivity index (χ3n) is 4.79. The smallest absolute Gasteiger partial charge is 0.261 e. The van der Waals surface area contributed by atoms with Gasteiger partial charge in [-0.15, -0.1) is 0 Å². The van der Waals surface area contributed by atoms with Gasteiger partial charge in [0.1, 0.15) is 24.0 Å². The van der Waals surface area contributed by atoms with Gasteiger partial charge in [0, 0.05) is 18.5 Å². The van der Waals surface area contributed by atoms with E-state index in [2.05, 4.69) is 5.32 Å². The molecule has 0 spiro atoms. The summed E-state index contributed by atoms with van der Waals surface area (Å²) in [5.41, 5.74) is 8.30. The van der Waals surface area contributed by atoms with Gasteiger partial charge in [-0.1, -0.05) is 42.5 Å². The van der Waals surface area contributed by atoms with Crippen LogP contribution in [-0.2, 0) is 34.5 Å². The minimum atomic E-state index is -3.67. The molecule has 0 aliphatic carbocycles. The average Bonchev–Trinajstić information content (AvgIpc) is 2.76. The molecule has 0 unspecified atom stereocenters. The topological polar surface area (TPSA) is 119 Å². The van der Waals surface area contributed by atoms with Crippen molar-refractivity contribution in [2.45, 2.75) is 32.5 Å². The number of primary amides is 1. The predicted octanol–water partition coefficient (Wildman–Crippen LogP) is 3.60. The number of ether oxygens (including phenoxy) is 1. The summed E-state index contributed by atoms with van der Waals surface area (Å²) in [6.07, 6.45) is 1.16. The molecule has 0 radical (unpaired) electrons. The van der Waals surface area contributed by atoms with E-state index in [1.165, 1.54) is 18.2 Å². The van der Waals surface area contributed by atoms with Crippen LogP contribution in [-0.4, -0.2) is 31.2 Å². The minimum absolute atomic E-state index is 0.0825. The first-order valence-corrected chi connectivity index (χ1v) is 12.4. The molecule has 0 saturated carbocycles. The molecule has 0 fully saturated rings. The number of hydrogen-bond donors (Lipinski definition) is 3. The van der Waals surface area contributed by atoms with Crippen LogP contribution in [0.1, 0.15) is 29.2 Å². The maximum atomic E-state index is 13.9. The lowest BCUT2D eigenvalue weighted by atomic mass is 10.0. The Morgan fingerprint density at radius 1 is 1.03 bits per heavy atom. The van der Waals surface area contributed by atoms with Crippen molar-refractivity contribution in [2.24, 2.45) is 5.73 Å². The van der Waals surface area contributed by atoms with E-state index in [0.29, 0.717) is 30.5 Å². The average molecular weight is 507 g/mol. The number of carbonyl (C=O) groups is 1. The number of rotatable bonds is 9. The number of carbonyl (C=O) groups excluding carboxylic acids is 1. The summed E-state index contributed by atoms with van der Waals surface area (Å²) >= 11 is 0. The number of nitrogens with one attached hydrogen (secondary N) is 1. The number of benzene rings is 3. The van der Waals surface area contributed by atoms with Gasteiger partial charge in [0.05, 0.1) is 12.3 Å². The van der Waals surface area contributed by atoms with Crippen molar-refractivity contribution >= 4 is 16.0 Å². The highest BCUT2D eigenvalue weighted by Crippen LogP contribution is 2.25. The molecule has 0 aromatic heterocycles. The van der Waals surface area contributed by atoms with E-state index in [1.807, 2.05) is 18.2 Å². The Morgan fingerprint density at radius 2 is 1.71 bits per heavy atom. The van der Waals surface area contributed by atoms with Gasteiger partial charge in [0.2, 0.25) is 5.91 Å². The van der Waals surface area contributed by atoms with E-state index >= 15 is 0 Å². The molecule has 4 N–H and O–H groups in total. The van der Waals surface area contributed by atoms with Crippen molar-refractivity contribution in [2.75, 3.05) is 6.26 Å². The van der Waals surface area contributed by atoms with Crippen LogP contribution in [0.2, 0.25) is 0 Å². The predicted molar refractivity (Wildman–Crippen MR) is 129 cm³/mol. The van der Waals surface area contributed by atoms with E-state index in [9.17, 15) is 22.0 Å². The highest BCUT2D eigenvalue weighted by atomic mass is 32.2. The standard InChI is InChI=1S/C24H24F2N2O2.CH4O3S/c1-16(24(27)29)28-14-18-9-10-23(30-15-19-6-2-3-8-22(19)26)20(12-18)11-17-5-4-7-21(25)13-17;1-5(2,3)4/h2-10,12-13,16,28H,11,14-15H2,1H3,(H2,27,29);1H3,(H,2,3,4)/t16-;/m1./s1. The highest BCUT2D eigenvalue weighted by Gasteiger charge is 2.11. The Balaban J connectivity index is 0.000000784. The molecule has 10 heteroatoms. The van der Waals surface area contributed by atoms with Gasteiger partial charge in [-0.05, 0) is 47.9 Å². The Bertz CT molecular complexity index is 1240. The molecule has 0 heterocycles. The summed E-state index contributed by atoms with van der Waals surface area (Å²) in [5, 5.41) is 3.06. The summed E-state index contributed by atoms with van der Waals surface area (Å²) in [7, 11) is -3.67. The first kappa shape index (κ1) is 27.9. The van der Waals surface area contributed by atoms with Crippen LogP contribution in [0.3, 0.4) is 0 Å². The van der Waals surface area contributed by atoms with Crippen LogP contribution < -0.4 is 15.8 Å². The second-order valence-corrected chi connectivity index (χ2v) is 9.33. The lowest BCUT2D eigenvalue weighted by Gasteiger charge is -2.15. The Kier molecular flexibility index (Phi) is 10.3. The molecule has 35 heavy (non-hydrogen) atoms. The zero-order valence-corrected chi connectivity index (χ0v) is 20.2. The largest absolute Gasteiger partial charge is 0.489 e. The molecule has 3 rings (SSSR count). The molecule has 3 aromatic rings. The minimum Gasteiger partial charge on any atom is -0.489 e. The van der Waals surface area contributed by atoms with E-state index in [-0.39, 0.29) is 18.2 Å². The third kappa shape index (κ3) is 10.6. The van der Waals surface area contributed by atoms with Crippen LogP contribution in [0.4, 0.5) is 8.78 Å². The lowest BCUT2D eigenvalue weighted by molar-refractivity contribution is -0.119.